The van der Waals surface area contributed by atoms with Crippen molar-refractivity contribution in [2.75, 3.05) is 6.54 Å². The first-order chi connectivity index (χ1) is 7.27. The molecule has 0 spiro atoms. The van der Waals surface area contributed by atoms with Crippen LogP contribution in [0.15, 0.2) is 29.4 Å². The van der Waals surface area contributed by atoms with Crippen molar-refractivity contribution in [3.8, 4) is 0 Å². The Morgan fingerprint density at radius 2 is 2.27 bits per heavy atom. The lowest BCUT2D eigenvalue weighted by atomic mass is 10.1. The summed E-state index contributed by atoms with van der Waals surface area (Å²) in [4.78, 5) is 13.4. The molecule has 0 aliphatic rings. The molecule has 4 heteroatoms. The van der Waals surface area contributed by atoms with Gasteiger partial charge in [-0.25, -0.2) is 0 Å². The molecule has 0 atom stereocenters. The van der Waals surface area contributed by atoms with Crippen LogP contribution in [0.3, 0.4) is 0 Å². The summed E-state index contributed by atoms with van der Waals surface area (Å²) in [6, 6.07) is 5.62. The minimum atomic E-state index is 0.294. The lowest BCUT2D eigenvalue weighted by molar-refractivity contribution is 0.112. The molecule has 76 valence electrons. The van der Waals surface area contributed by atoms with Crippen molar-refractivity contribution in [1.82, 2.24) is 0 Å². The second-order valence-corrected chi connectivity index (χ2v) is 3.07. The van der Waals surface area contributed by atoms with Crippen LogP contribution < -0.4 is 0 Å². The van der Waals surface area contributed by atoms with Gasteiger partial charge in [0, 0.05) is 17.0 Å². The van der Waals surface area contributed by atoms with Crippen molar-refractivity contribution >= 4 is 12.4 Å². The zero-order valence-corrected chi connectivity index (χ0v) is 8.42. The molecule has 0 bridgehead atoms. The minimum absolute atomic E-state index is 0.294. The lowest BCUT2D eigenvalue weighted by Crippen LogP contribution is -1.87. The highest BCUT2D eigenvalue weighted by molar-refractivity contribution is 5.82. The Bertz CT molecular complexity index is 431. The summed E-state index contributed by atoms with van der Waals surface area (Å²) < 4.78 is 0. The van der Waals surface area contributed by atoms with Crippen LogP contribution in [0.2, 0.25) is 0 Å². The maximum absolute atomic E-state index is 10.8. The van der Waals surface area contributed by atoms with Crippen molar-refractivity contribution in [2.24, 2.45) is 5.11 Å². The number of carbonyl (C=O) groups is 1. The first kappa shape index (κ1) is 11.0. The Hall–Kier alpha value is -2.06. The van der Waals surface area contributed by atoms with E-state index in [-0.39, 0.29) is 0 Å². The normalized spacial score (nSPS) is 9.93. The van der Waals surface area contributed by atoms with Crippen LogP contribution >= 0.6 is 0 Å². The van der Waals surface area contributed by atoms with E-state index < -0.39 is 0 Å². The predicted molar refractivity (Wildman–Crippen MR) is 59.6 cm³/mol. The van der Waals surface area contributed by atoms with Crippen LogP contribution in [0.4, 0.5) is 0 Å². The number of benzene rings is 1. The molecule has 0 heterocycles. The van der Waals surface area contributed by atoms with E-state index in [1.165, 1.54) is 0 Å². The van der Waals surface area contributed by atoms with E-state index in [1.807, 2.05) is 25.1 Å². The average Bonchev–Trinajstić information content (AvgIpc) is 2.26. The van der Waals surface area contributed by atoms with E-state index in [9.17, 15) is 4.79 Å². The van der Waals surface area contributed by atoms with E-state index in [4.69, 9.17) is 5.53 Å². The number of aryl methyl sites for hydroxylation is 1. The number of aldehydes is 1. The molecule has 0 aromatic heterocycles. The molecule has 0 N–H and O–H groups in total. The van der Waals surface area contributed by atoms with Gasteiger partial charge in [-0.1, -0.05) is 35.0 Å². The van der Waals surface area contributed by atoms with E-state index >= 15 is 0 Å². The van der Waals surface area contributed by atoms with Crippen LogP contribution in [0.25, 0.3) is 16.5 Å². The van der Waals surface area contributed by atoms with Gasteiger partial charge >= 0.3 is 0 Å². The third-order valence-corrected chi connectivity index (χ3v) is 1.92. The number of rotatable bonds is 4. The van der Waals surface area contributed by atoms with Gasteiger partial charge in [0.15, 0.2) is 6.29 Å². The summed E-state index contributed by atoms with van der Waals surface area (Å²) in [5, 5.41) is 3.37. The molecule has 0 unspecified atom stereocenters. The molecule has 0 saturated heterocycles. The van der Waals surface area contributed by atoms with Crippen molar-refractivity contribution < 1.29 is 4.79 Å². The minimum Gasteiger partial charge on any atom is -0.298 e. The number of nitrogens with zero attached hydrogens (tertiary/aromatic N) is 3. The van der Waals surface area contributed by atoms with Gasteiger partial charge < -0.3 is 0 Å². The van der Waals surface area contributed by atoms with Gasteiger partial charge in [-0.3, -0.25) is 4.79 Å². The Morgan fingerprint density at radius 1 is 1.47 bits per heavy atom. The molecule has 0 fully saturated rings. The van der Waals surface area contributed by atoms with Crippen LogP contribution in [-0.4, -0.2) is 12.8 Å². The topological polar surface area (TPSA) is 65.8 Å². The van der Waals surface area contributed by atoms with E-state index in [1.54, 1.807) is 12.2 Å². The lowest BCUT2D eigenvalue weighted by Gasteiger charge is -1.99. The second kappa shape index (κ2) is 5.62. The summed E-state index contributed by atoms with van der Waals surface area (Å²) in [5.41, 5.74) is 10.6. The smallest absolute Gasteiger partial charge is 0.150 e. The zero-order chi connectivity index (χ0) is 11.1. The molecule has 1 aromatic carbocycles. The van der Waals surface area contributed by atoms with Gasteiger partial charge in [-0.05, 0) is 24.1 Å². The maximum atomic E-state index is 10.8. The highest BCUT2D eigenvalue weighted by atomic mass is 16.1. The quantitative estimate of drug-likeness (QED) is 0.319. The highest BCUT2D eigenvalue weighted by Crippen LogP contribution is 2.11. The molecule has 1 rings (SSSR count). The first-order valence-corrected chi connectivity index (χ1v) is 4.51. The summed E-state index contributed by atoms with van der Waals surface area (Å²) >= 11 is 0. The Labute approximate surface area is 87.9 Å². The van der Waals surface area contributed by atoms with E-state index in [0.717, 1.165) is 17.4 Å². The van der Waals surface area contributed by atoms with Gasteiger partial charge in [0.2, 0.25) is 0 Å². The van der Waals surface area contributed by atoms with Crippen LogP contribution in [0.5, 0.6) is 0 Å². The monoisotopic (exact) mass is 201 g/mol. The standard InChI is InChI=1S/C11H11N3O/c1-9-4-5-10(11(7-9)8-15)3-2-6-13-14-12/h2-5,7-8H,6H2,1H3. The largest absolute Gasteiger partial charge is 0.298 e. The van der Waals surface area contributed by atoms with Gasteiger partial charge in [0.05, 0.1) is 0 Å². The fourth-order valence-electron chi connectivity index (χ4n) is 1.21. The molecular formula is C11H11N3O. The number of hydrogen-bond donors (Lipinski definition) is 0. The average molecular weight is 201 g/mol. The van der Waals surface area contributed by atoms with Gasteiger partial charge in [0.1, 0.15) is 0 Å². The Morgan fingerprint density at radius 3 is 2.93 bits per heavy atom. The van der Waals surface area contributed by atoms with Crippen molar-refractivity contribution in [3.05, 3.63) is 51.4 Å². The molecule has 1 aromatic rings. The Balaban J connectivity index is 2.89. The third kappa shape index (κ3) is 3.29. The van der Waals surface area contributed by atoms with Gasteiger partial charge in [-0.15, -0.1) is 0 Å². The maximum Gasteiger partial charge on any atom is 0.150 e. The molecule has 15 heavy (non-hydrogen) atoms. The Kier molecular flexibility index (Phi) is 4.13. The van der Waals surface area contributed by atoms with Crippen molar-refractivity contribution in [2.45, 2.75) is 6.92 Å². The van der Waals surface area contributed by atoms with E-state index in [2.05, 4.69) is 10.0 Å². The molecule has 0 aliphatic carbocycles. The number of carbonyl (C=O) groups excluding carboxylic acids is 1. The highest BCUT2D eigenvalue weighted by Gasteiger charge is 1.97. The predicted octanol–water partition coefficient (Wildman–Crippen LogP) is 3.13. The molecular weight excluding hydrogens is 190 g/mol. The summed E-state index contributed by atoms with van der Waals surface area (Å²) in [7, 11) is 0. The molecule has 0 radical (unpaired) electrons. The number of hydrogen-bond acceptors (Lipinski definition) is 2. The van der Waals surface area contributed by atoms with Crippen molar-refractivity contribution in [1.29, 1.82) is 0 Å². The fraction of sp³-hybridized carbons (Fsp3) is 0.182. The van der Waals surface area contributed by atoms with Gasteiger partial charge in [-0.2, -0.15) is 0 Å². The molecule has 0 saturated carbocycles. The zero-order valence-electron chi connectivity index (χ0n) is 8.42. The fourth-order valence-corrected chi connectivity index (χ4v) is 1.21. The van der Waals surface area contributed by atoms with E-state index in [0.29, 0.717) is 12.1 Å². The van der Waals surface area contributed by atoms with Crippen LogP contribution in [0, 0.1) is 6.92 Å². The molecule has 0 aliphatic heterocycles. The second-order valence-electron chi connectivity index (χ2n) is 3.07. The van der Waals surface area contributed by atoms with Crippen molar-refractivity contribution in [3.63, 3.8) is 0 Å². The summed E-state index contributed by atoms with van der Waals surface area (Å²) in [5.74, 6) is 0. The summed E-state index contributed by atoms with van der Waals surface area (Å²) in [6.07, 6.45) is 4.31. The summed E-state index contributed by atoms with van der Waals surface area (Å²) in [6.45, 7) is 2.23. The first-order valence-electron chi connectivity index (χ1n) is 4.51. The van der Waals surface area contributed by atoms with Crippen LogP contribution in [-0.2, 0) is 0 Å². The number of azide groups is 1. The molecule has 4 nitrogen and oxygen atoms in total. The molecule has 0 amide bonds. The van der Waals surface area contributed by atoms with Gasteiger partial charge in [0.25, 0.3) is 0 Å². The third-order valence-electron chi connectivity index (χ3n) is 1.92. The van der Waals surface area contributed by atoms with Crippen LogP contribution in [0.1, 0.15) is 21.5 Å². The SMILES string of the molecule is Cc1ccc(C=CCN=[N+]=[N-])c(C=O)c1.